The Hall–Kier alpha value is -3.64. The van der Waals surface area contributed by atoms with E-state index in [9.17, 15) is 9.59 Å². The molecule has 0 aromatic heterocycles. The number of hydrogen-bond donors (Lipinski definition) is 3. The zero-order valence-corrected chi connectivity index (χ0v) is 18.1. The zero-order chi connectivity index (χ0) is 22.6. The summed E-state index contributed by atoms with van der Waals surface area (Å²) in [5.74, 6) is -0.0256. The smallest absolute Gasteiger partial charge is 0.249 e. The summed E-state index contributed by atoms with van der Waals surface area (Å²) >= 11 is 0. The van der Waals surface area contributed by atoms with E-state index >= 15 is 0 Å². The number of benzene rings is 3. The Kier molecular flexibility index (Phi) is 8.83. The molecule has 4 N–H and O–H groups in total. The van der Waals surface area contributed by atoms with E-state index in [2.05, 4.69) is 22.8 Å². The van der Waals surface area contributed by atoms with Crippen molar-refractivity contribution in [2.45, 2.75) is 26.0 Å². The maximum absolute atomic E-state index is 12.2. The van der Waals surface area contributed by atoms with Crippen LogP contribution in [0.4, 0.5) is 0 Å². The van der Waals surface area contributed by atoms with Crippen LogP contribution in [0.5, 0.6) is 5.75 Å². The van der Waals surface area contributed by atoms with Crippen LogP contribution in [-0.4, -0.2) is 24.9 Å². The number of primary amides is 1. The first-order valence-corrected chi connectivity index (χ1v) is 10.7. The van der Waals surface area contributed by atoms with Crippen molar-refractivity contribution in [2.75, 3.05) is 13.1 Å². The highest BCUT2D eigenvalue weighted by Crippen LogP contribution is 2.20. The largest absolute Gasteiger partial charge is 0.489 e. The highest BCUT2D eigenvalue weighted by Gasteiger charge is 2.12. The minimum absolute atomic E-state index is 0.0636. The molecule has 0 bridgehead atoms. The van der Waals surface area contributed by atoms with Crippen LogP contribution in [-0.2, 0) is 24.4 Å². The molecule has 0 aliphatic rings. The van der Waals surface area contributed by atoms with Crippen LogP contribution in [0.25, 0.3) is 0 Å². The predicted octanol–water partition coefficient (Wildman–Crippen LogP) is 3.20. The average molecular weight is 432 g/mol. The standard InChI is InChI=1S/C26H29N3O3/c27-26(31)24-17-23(32-19-21-9-5-2-6-10-21)13-11-22(24)12-14-25(30)29-16-15-28-18-20-7-3-1-4-8-20/h1-11,13,17,28H,12,14-16,18-19H2,(H2,27,31)(H,29,30). The topological polar surface area (TPSA) is 93.5 Å². The molecule has 166 valence electrons. The molecule has 0 aliphatic carbocycles. The van der Waals surface area contributed by atoms with Gasteiger partial charge >= 0.3 is 0 Å². The van der Waals surface area contributed by atoms with Gasteiger partial charge in [0, 0.05) is 31.6 Å². The lowest BCUT2D eigenvalue weighted by molar-refractivity contribution is -0.121. The van der Waals surface area contributed by atoms with Crippen LogP contribution in [0, 0.1) is 0 Å². The van der Waals surface area contributed by atoms with Crippen molar-refractivity contribution in [1.29, 1.82) is 0 Å². The molecule has 6 heteroatoms. The monoisotopic (exact) mass is 431 g/mol. The summed E-state index contributed by atoms with van der Waals surface area (Å²) in [6.45, 7) is 2.39. The van der Waals surface area contributed by atoms with Gasteiger partial charge in [0.1, 0.15) is 12.4 Å². The summed E-state index contributed by atoms with van der Waals surface area (Å²) in [7, 11) is 0. The third-order valence-electron chi connectivity index (χ3n) is 5.01. The fraction of sp³-hybridized carbons (Fsp3) is 0.231. The lowest BCUT2D eigenvalue weighted by atomic mass is 10.0. The molecule has 0 heterocycles. The van der Waals surface area contributed by atoms with Gasteiger partial charge in [0.15, 0.2) is 0 Å². The van der Waals surface area contributed by atoms with E-state index in [4.69, 9.17) is 10.5 Å². The highest BCUT2D eigenvalue weighted by molar-refractivity contribution is 5.95. The van der Waals surface area contributed by atoms with Crippen molar-refractivity contribution < 1.29 is 14.3 Å². The number of amides is 2. The van der Waals surface area contributed by atoms with Crippen LogP contribution in [0.15, 0.2) is 78.9 Å². The molecule has 6 nitrogen and oxygen atoms in total. The number of carbonyl (C=O) groups excluding carboxylic acids is 2. The van der Waals surface area contributed by atoms with Gasteiger partial charge in [-0.2, -0.15) is 0 Å². The number of ether oxygens (including phenoxy) is 1. The molecule has 0 unspecified atom stereocenters. The Labute approximate surface area is 188 Å². The molecule has 3 rings (SSSR count). The molecule has 0 saturated heterocycles. The number of rotatable bonds is 12. The maximum Gasteiger partial charge on any atom is 0.249 e. The maximum atomic E-state index is 12.2. The molecule has 0 fully saturated rings. The van der Waals surface area contributed by atoms with Gasteiger partial charge in [0.25, 0.3) is 0 Å². The van der Waals surface area contributed by atoms with Crippen LogP contribution in [0.3, 0.4) is 0 Å². The minimum Gasteiger partial charge on any atom is -0.489 e. The Morgan fingerprint density at radius 3 is 2.22 bits per heavy atom. The second-order valence-electron chi connectivity index (χ2n) is 7.47. The van der Waals surface area contributed by atoms with Gasteiger partial charge in [-0.05, 0) is 35.2 Å². The van der Waals surface area contributed by atoms with Crippen molar-refractivity contribution in [2.24, 2.45) is 5.73 Å². The SMILES string of the molecule is NC(=O)c1cc(OCc2ccccc2)ccc1CCC(=O)NCCNCc1ccccc1. The van der Waals surface area contributed by atoms with E-state index in [1.54, 1.807) is 18.2 Å². The van der Waals surface area contributed by atoms with Crippen molar-refractivity contribution in [3.63, 3.8) is 0 Å². The fourth-order valence-corrected chi connectivity index (χ4v) is 3.29. The number of hydrogen-bond acceptors (Lipinski definition) is 4. The summed E-state index contributed by atoms with van der Waals surface area (Å²) in [4.78, 5) is 24.1. The normalized spacial score (nSPS) is 10.5. The lowest BCUT2D eigenvalue weighted by Gasteiger charge is -2.11. The van der Waals surface area contributed by atoms with Crippen LogP contribution in [0.1, 0.15) is 33.5 Å². The summed E-state index contributed by atoms with van der Waals surface area (Å²) in [5, 5.41) is 6.19. The summed E-state index contributed by atoms with van der Waals surface area (Å²) in [5.41, 5.74) is 8.91. The highest BCUT2D eigenvalue weighted by atomic mass is 16.5. The molecule has 32 heavy (non-hydrogen) atoms. The Bertz CT molecular complexity index is 1010. The third-order valence-corrected chi connectivity index (χ3v) is 5.01. The minimum atomic E-state index is -0.532. The van der Waals surface area contributed by atoms with Crippen molar-refractivity contribution >= 4 is 11.8 Å². The summed E-state index contributed by atoms with van der Waals surface area (Å²) in [6.07, 6.45) is 0.712. The van der Waals surface area contributed by atoms with Gasteiger partial charge in [-0.15, -0.1) is 0 Å². The molecular weight excluding hydrogens is 402 g/mol. The molecule has 0 radical (unpaired) electrons. The van der Waals surface area contributed by atoms with E-state index in [1.165, 1.54) is 5.56 Å². The predicted molar refractivity (Wildman–Crippen MR) is 125 cm³/mol. The zero-order valence-electron chi connectivity index (χ0n) is 18.1. The molecule has 0 spiro atoms. The molecule has 0 aliphatic heterocycles. The summed E-state index contributed by atoms with van der Waals surface area (Å²) in [6, 6.07) is 25.1. The number of nitrogens with one attached hydrogen (secondary N) is 2. The van der Waals surface area contributed by atoms with Crippen LogP contribution < -0.4 is 21.1 Å². The van der Waals surface area contributed by atoms with Crippen molar-refractivity contribution in [3.8, 4) is 5.75 Å². The first kappa shape index (κ1) is 23.0. The van der Waals surface area contributed by atoms with Crippen molar-refractivity contribution in [1.82, 2.24) is 10.6 Å². The Morgan fingerprint density at radius 2 is 1.53 bits per heavy atom. The van der Waals surface area contributed by atoms with Gasteiger partial charge < -0.3 is 21.1 Å². The molecule has 3 aromatic rings. The number of aryl methyl sites for hydroxylation is 1. The van der Waals surface area contributed by atoms with Crippen LogP contribution in [0.2, 0.25) is 0 Å². The van der Waals surface area contributed by atoms with Crippen LogP contribution >= 0.6 is 0 Å². The van der Waals surface area contributed by atoms with Gasteiger partial charge in [0.05, 0.1) is 0 Å². The van der Waals surface area contributed by atoms with E-state index in [0.29, 0.717) is 37.4 Å². The first-order valence-electron chi connectivity index (χ1n) is 10.7. The number of carbonyl (C=O) groups is 2. The van der Waals surface area contributed by atoms with E-state index in [0.717, 1.165) is 17.7 Å². The quantitative estimate of drug-likeness (QED) is 0.384. The lowest BCUT2D eigenvalue weighted by Crippen LogP contribution is -2.31. The molecule has 0 atom stereocenters. The third kappa shape index (κ3) is 7.56. The van der Waals surface area contributed by atoms with E-state index in [1.807, 2.05) is 48.5 Å². The van der Waals surface area contributed by atoms with Gasteiger partial charge in [-0.1, -0.05) is 66.7 Å². The van der Waals surface area contributed by atoms with Gasteiger partial charge in [0.2, 0.25) is 11.8 Å². The van der Waals surface area contributed by atoms with E-state index < -0.39 is 5.91 Å². The second-order valence-corrected chi connectivity index (χ2v) is 7.47. The second kappa shape index (κ2) is 12.3. The van der Waals surface area contributed by atoms with Gasteiger partial charge in [-0.25, -0.2) is 0 Å². The van der Waals surface area contributed by atoms with E-state index in [-0.39, 0.29) is 12.3 Å². The molecule has 2 amide bonds. The fourth-order valence-electron chi connectivity index (χ4n) is 3.29. The first-order chi connectivity index (χ1) is 15.6. The average Bonchev–Trinajstić information content (AvgIpc) is 2.82. The van der Waals surface area contributed by atoms with Crippen molar-refractivity contribution in [3.05, 3.63) is 101 Å². The molecular formula is C26H29N3O3. The number of nitrogens with two attached hydrogens (primary N) is 1. The Morgan fingerprint density at radius 1 is 0.844 bits per heavy atom. The van der Waals surface area contributed by atoms with Gasteiger partial charge in [-0.3, -0.25) is 9.59 Å². The Balaban J connectivity index is 1.43. The molecule has 3 aromatic carbocycles. The molecule has 0 saturated carbocycles. The summed E-state index contributed by atoms with van der Waals surface area (Å²) < 4.78 is 5.78.